The number of nitrogens with zero attached hydrogens (tertiary/aromatic N) is 3. The van der Waals surface area contributed by atoms with Crippen molar-refractivity contribution in [2.75, 3.05) is 0 Å². The zero-order chi connectivity index (χ0) is 9.97. The highest BCUT2D eigenvalue weighted by molar-refractivity contribution is 7.13. The number of carboxylic acids is 1. The Balaban J connectivity index is 2.39. The van der Waals surface area contributed by atoms with Crippen LogP contribution in [0.25, 0.3) is 10.8 Å². The molecule has 2 heterocycles. The summed E-state index contributed by atoms with van der Waals surface area (Å²) in [7, 11) is 0. The zero-order valence-corrected chi connectivity index (χ0v) is 7.73. The van der Waals surface area contributed by atoms with E-state index in [0.717, 1.165) is 0 Å². The van der Waals surface area contributed by atoms with Gasteiger partial charge in [-0.1, -0.05) is 0 Å². The molecule has 14 heavy (non-hydrogen) atoms. The van der Waals surface area contributed by atoms with Gasteiger partial charge >= 0.3 is 5.97 Å². The van der Waals surface area contributed by atoms with Crippen LogP contribution in [-0.4, -0.2) is 26.0 Å². The topological polar surface area (TPSA) is 76.0 Å². The third kappa shape index (κ3) is 1.60. The first kappa shape index (κ1) is 8.76. The van der Waals surface area contributed by atoms with E-state index in [4.69, 9.17) is 5.11 Å². The van der Waals surface area contributed by atoms with Gasteiger partial charge < -0.3 is 5.11 Å². The molecule has 5 nitrogen and oxygen atoms in total. The summed E-state index contributed by atoms with van der Waals surface area (Å²) in [5.41, 5.74) is 0.0254. The number of aromatic carboxylic acids is 1. The molecule has 0 aromatic carbocycles. The molecule has 2 aromatic rings. The van der Waals surface area contributed by atoms with Crippen molar-refractivity contribution in [3.8, 4) is 10.8 Å². The molecule has 0 radical (unpaired) electrons. The summed E-state index contributed by atoms with van der Waals surface area (Å²) >= 11 is 1.21. The highest BCUT2D eigenvalue weighted by Gasteiger charge is 2.10. The Hall–Kier alpha value is -1.82. The molecule has 0 amide bonds. The van der Waals surface area contributed by atoms with Crippen molar-refractivity contribution >= 4 is 17.3 Å². The Kier molecular flexibility index (Phi) is 2.19. The molecule has 0 saturated carbocycles. The minimum atomic E-state index is -1.04. The van der Waals surface area contributed by atoms with Crippen LogP contribution in [0.5, 0.6) is 0 Å². The maximum Gasteiger partial charge on any atom is 0.355 e. The molecule has 2 rings (SSSR count). The van der Waals surface area contributed by atoms with Gasteiger partial charge in [0, 0.05) is 17.8 Å². The van der Waals surface area contributed by atoms with Crippen molar-refractivity contribution in [3.05, 3.63) is 29.5 Å². The standard InChI is InChI=1S/C8H5N3O2S/c12-8(13)5-4-14-7(11-5)6-9-2-1-3-10-6/h1-4H,(H,12,13). The van der Waals surface area contributed by atoms with Crippen LogP contribution in [0.3, 0.4) is 0 Å². The first-order chi connectivity index (χ1) is 6.77. The van der Waals surface area contributed by atoms with Crippen LogP contribution in [0.15, 0.2) is 23.8 Å². The summed E-state index contributed by atoms with van der Waals surface area (Å²) in [4.78, 5) is 22.4. The van der Waals surface area contributed by atoms with Gasteiger partial charge in [0.25, 0.3) is 0 Å². The Morgan fingerprint density at radius 3 is 2.64 bits per heavy atom. The third-order valence-electron chi connectivity index (χ3n) is 1.48. The smallest absolute Gasteiger partial charge is 0.355 e. The van der Waals surface area contributed by atoms with Crippen molar-refractivity contribution in [2.45, 2.75) is 0 Å². The van der Waals surface area contributed by atoms with Gasteiger partial charge in [-0.2, -0.15) is 0 Å². The molecule has 1 N–H and O–H groups in total. The quantitative estimate of drug-likeness (QED) is 0.803. The normalized spacial score (nSPS) is 10.0. The van der Waals surface area contributed by atoms with E-state index in [0.29, 0.717) is 10.8 Å². The van der Waals surface area contributed by atoms with Crippen molar-refractivity contribution in [3.63, 3.8) is 0 Å². The number of hydrogen-bond acceptors (Lipinski definition) is 5. The lowest BCUT2D eigenvalue weighted by Gasteiger charge is -1.90. The monoisotopic (exact) mass is 207 g/mol. The van der Waals surface area contributed by atoms with Gasteiger partial charge in [0.15, 0.2) is 16.5 Å². The second-order valence-corrected chi connectivity index (χ2v) is 3.27. The van der Waals surface area contributed by atoms with Gasteiger partial charge in [0.2, 0.25) is 0 Å². The van der Waals surface area contributed by atoms with Crippen LogP contribution in [0, 0.1) is 0 Å². The highest BCUT2D eigenvalue weighted by Crippen LogP contribution is 2.19. The summed E-state index contributed by atoms with van der Waals surface area (Å²) in [5, 5.41) is 10.6. The molecule has 2 aromatic heterocycles. The van der Waals surface area contributed by atoms with Gasteiger partial charge in [0.05, 0.1) is 0 Å². The summed E-state index contributed by atoms with van der Waals surface area (Å²) < 4.78 is 0. The van der Waals surface area contributed by atoms with Gasteiger partial charge in [-0.3, -0.25) is 0 Å². The van der Waals surface area contributed by atoms with Crippen molar-refractivity contribution < 1.29 is 9.90 Å². The Morgan fingerprint density at radius 1 is 1.36 bits per heavy atom. The second-order valence-electron chi connectivity index (χ2n) is 2.42. The van der Waals surface area contributed by atoms with Crippen LogP contribution < -0.4 is 0 Å². The molecule has 70 valence electrons. The molecule has 0 atom stereocenters. The van der Waals surface area contributed by atoms with Gasteiger partial charge in [-0.05, 0) is 6.07 Å². The molecular weight excluding hydrogens is 202 g/mol. The maximum absolute atomic E-state index is 10.5. The Bertz CT molecular complexity index is 455. The van der Waals surface area contributed by atoms with Gasteiger partial charge in [0.1, 0.15) is 0 Å². The van der Waals surface area contributed by atoms with Crippen LogP contribution in [0.1, 0.15) is 10.5 Å². The molecule has 0 bridgehead atoms. The molecule has 0 unspecified atom stereocenters. The first-order valence-electron chi connectivity index (χ1n) is 3.73. The second kappa shape index (κ2) is 3.51. The fraction of sp³-hybridized carbons (Fsp3) is 0. The van der Waals surface area contributed by atoms with Gasteiger partial charge in [-0.15, -0.1) is 11.3 Å². The maximum atomic E-state index is 10.5. The Morgan fingerprint density at radius 2 is 2.07 bits per heavy atom. The fourth-order valence-electron chi connectivity index (χ4n) is 0.884. The van der Waals surface area contributed by atoms with Gasteiger partial charge in [-0.25, -0.2) is 19.7 Å². The predicted molar refractivity (Wildman–Crippen MR) is 50.1 cm³/mol. The molecule has 0 fully saturated rings. The number of carboxylic acid groups (broad SMARTS) is 1. The molecule has 0 aliphatic rings. The van der Waals surface area contributed by atoms with E-state index in [2.05, 4.69) is 15.0 Å². The predicted octanol–water partition coefficient (Wildman–Crippen LogP) is 1.30. The lowest BCUT2D eigenvalue weighted by atomic mass is 10.5. The molecule has 6 heteroatoms. The van der Waals surface area contributed by atoms with E-state index in [1.54, 1.807) is 18.5 Å². The molecular formula is C8H5N3O2S. The van der Waals surface area contributed by atoms with E-state index in [-0.39, 0.29) is 5.69 Å². The number of thiazole rings is 1. The van der Waals surface area contributed by atoms with E-state index in [9.17, 15) is 4.79 Å². The minimum absolute atomic E-state index is 0.0254. The third-order valence-corrected chi connectivity index (χ3v) is 2.32. The van der Waals surface area contributed by atoms with Crippen LogP contribution in [0.4, 0.5) is 0 Å². The van der Waals surface area contributed by atoms with E-state index >= 15 is 0 Å². The highest BCUT2D eigenvalue weighted by atomic mass is 32.1. The summed E-state index contributed by atoms with van der Waals surface area (Å²) in [6.07, 6.45) is 3.17. The van der Waals surface area contributed by atoms with Crippen LogP contribution >= 0.6 is 11.3 Å². The number of carbonyl (C=O) groups is 1. The summed E-state index contributed by atoms with van der Waals surface area (Å²) in [5.74, 6) is -0.589. The Labute approximate surface area is 83.1 Å². The largest absolute Gasteiger partial charge is 0.476 e. The summed E-state index contributed by atoms with van der Waals surface area (Å²) in [6.45, 7) is 0. The average Bonchev–Trinajstić information content (AvgIpc) is 2.68. The summed E-state index contributed by atoms with van der Waals surface area (Å²) in [6, 6.07) is 1.69. The zero-order valence-electron chi connectivity index (χ0n) is 6.91. The van der Waals surface area contributed by atoms with E-state index in [1.165, 1.54) is 16.7 Å². The van der Waals surface area contributed by atoms with Crippen molar-refractivity contribution in [1.29, 1.82) is 0 Å². The van der Waals surface area contributed by atoms with E-state index in [1.807, 2.05) is 0 Å². The fourth-order valence-corrected chi connectivity index (χ4v) is 1.62. The minimum Gasteiger partial charge on any atom is -0.476 e. The first-order valence-corrected chi connectivity index (χ1v) is 4.61. The molecule has 0 aliphatic carbocycles. The number of rotatable bonds is 2. The van der Waals surface area contributed by atoms with Crippen LogP contribution in [-0.2, 0) is 0 Å². The van der Waals surface area contributed by atoms with Crippen molar-refractivity contribution in [2.24, 2.45) is 0 Å². The molecule has 0 spiro atoms. The van der Waals surface area contributed by atoms with Crippen LogP contribution in [0.2, 0.25) is 0 Å². The average molecular weight is 207 g/mol. The lowest BCUT2D eigenvalue weighted by Crippen LogP contribution is -1.96. The SMILES string of the molecule is O=C(O)c1csc(-c2ncccn2)n1. The molecule has 0 aliphatic heterocycles. The lowest BCUT2D eigenvalue weighted by molar-refractivity contribution is 0.0691. The molecule has 0 saturated heterocycles. The number of aromatic nitrogens is 3. The number of hydrogen-bond donors (Lipinski definition) is 1. The van der Waals surface area contributed by atoms with Crippen molar-refractivity contribution in [1.82, 2.24) is 15.0 Å². The van der Waals surface area contributed by atoms with E-state index < -0.39 is 5.97 Å².